The van der Waals surface area contributed by atoms with Crippen molar-refractivity contribution in [1.29, 1.82) is 0 Å². The highest BCUT2D eigenvalue weighted by Crippen LogP contribution is 2.35. The topological polar surface area (TPSA) is 82.3 Å². The van der Waals surface area contributed by atoms with Crippen LogP contribution in [0.3, 0.4) is 0 Å². The molecule has 0 radical (unpaired) electrons. The van der Waals surface area contributed by atoms with E-state index in [4.69, 9.17) is 13.9 Å². The molecule has 7 nitrogen and oxygen atoms in total. The summed E-state index contributed by atoms with van der Waals surface area (Å²) in [5.74, 6) is 1.79. The Labute approximate surface area is 136 Å². The van der Waals surface area contributed by atoms with Crippen LogP contribution in [0.5, 0.6) is 11.5 Å². The second-order valence-corrected chi connectivity index (χ2v) is 5.96. The highest BCUT2D eigenvalue weighted by atomic mass is 32.1. The lowest BCUT2D eigenvalue weighted by Gasteiger charge is -2.23. The van der Waals surface area contributed by atoms with Gasteiger partial charge in [0.15, 0.2) is 11.5 Å². The number of para-hydroxylation sites is 2. The van der Waals surface area contributed by atoms with Gasteiger partial charge in [0, 0.05) is 4.88 Å². The minimum atomic E-state index is -0.405. The molecule has 1 aliphatic rings. The molecule has 0 saturated carbocycles. The first-order valence-corrected chi connectivity index (χ1v) is 8.02. The smallest absolute Gasteiger partial charge is 0.315 e. The third-order valence-electron chi connectivity index (χ3n) is 3.47. The van der Waals surface area contributed by atoms with Gasteiger partial charge in [-0.05, 0) is 19.1 Å². The van der Waals surface area contributed by atoms with Crippen molar-refractivity contribution in [2.75, 3.05) is 11.9 Å². The molecule has 0 aliphatic carbocycles. The van der Waals surface area contributed by atoms with E-state index in [2.05, 4.69) is 20.5 Å². The van der Waals surface area contributed by atoms with Crippen LogP contribution < -0.4 is 14.8 Å². The quantitative estimate of drug-likeness (QED) is 0.787. The monoisotopic (exact) mass is 330 g/mol. The zero-order valence-corrected chi connectivity index (χ0v) is 13.2. The lowest BCUT2D eigenvalue weighted by atomic mass is 10.2. The number of benzene rings is 1. The van der Waals surface area contributed by atoms with Gasteiger partial charge in [0.2, 0.25) is 6.10 Å². The molecule has 1 N–H and O–H groups in total. The van der Waals surface area contributed by atoms with Crippen molar-refractivity contribution in [3.63, 3.8) is 0 Å². The SMILES string of the molecule is Cc1ncsc1CNc1nnc(C2COc3ccccc3O2)o1. The number of rotatable bonds is 4. The van der Waals surface area contributed by atoms with E-state index in [1.165, 1.54) is 0 Å². The Morgan fingerprint density at radius 2 is 2.13 bits per heavy atom. The standard InChI is InChI=1S/C15H14N4O3S/c1-9-13(23-8-17-9)6-16-15-19-18-14(22-15)12-7-20-10-4-2-3-5-11(10)21-12/h2-5,8,12H,6-7H2,1H3,(H,16,19). The average Bonchev–Trinajstić information content (AvgIpc) is 3.21. The van der Waals surface area contributed by atoms with Gasteiger partial charge in [-0.15, -0.1) is 16.4 Å². The maximum absolute atomic E-state index is 5.84. The van der Waals surface area contributed by atoms with Gasteiger partial charge in [0.05, 0.1) is 17.7 Å². The van der Waals surface area contributed by atoms with Gasteiger partial charge in [-0.2, -0.15) is 0 Å². The summed E-state index contributed by atoms with van der Waals surface area (Å²) in [5, 5.41) is 11.1. The molecule has 8 heteroatoms. The number of hydrogen-bond acceptors (Lipinski definition) is 8. The van der Waals surface area contributed by atoms with Crippen LogP contribution in [-0.2, 0) is 6.54 Å². The van der Waals surface area contributed by atoms with Crippen LogP contribution in [0.4, 0.5) is 6.01 Å². The van der Waals surface area contributed by atoms with Gasteiger partial charge >= 0.3 is 6.01 Å². The fourth-order valence-corrected chi connectivity index (χ4v) is 2.95. The summed E-state index contributed by atoms with van der Waals surface area (Å²) in [4.78, 5) is 5.34. The molecule has 0 spiro atoms. The highest BCUT2D eigenvalue weighted by Gasteiger charge is 2.27. The Morgan fingerprint density at radius 1 is 1.26 bits per heavy atom. The second kappa shape index (κ2) is 5.88. The minimum absolute atomic E-state index is 0.340. The summed E-state index contributed by atoms with van der Waals surface area (Å²) in [6, 6.07) is 7.87. The van der Waals surface area contributed by atoms with Crippen LogP contribution in [0.25, 0.3) is 0 Å². The molecule has 23 heavy (non-hydrogen) atoms. The Bertz CT molecular complexity index is 816. The molecule has 4 rings (SSSR count). The number of anilines is 1. The minimum Gasteiger partial charge on any atom is -0.485 e. The Morgan fingerprint density at radius 3 is 2.96 bits per heavy atom. The number of nitrogens with zero attached hydrogens (tertiary/aromatic N) is 3. The third-order valence-corrected chi connectivity index (χ3v) is 4.40. The molecule has 0 bridgehead atoms. The Balaban J connectivity index is 1.43. The number of fused-ring (bicyclic) bond motifs is 1. The van der Waals surface area contributed by atoms with Crippen molar-refractivity contribution in [2.45, 2.75) is 19.6 Å². The summed E-state index contributed by atoms with van der Waals surface area (Å²) < 4.78 is 17.1. The van der Waals surface area contributed by atoms with Crippen molar-refractivity contribution in [3.05, 3.63) is 46.2 Å². The zero-order chi connectivity index (χ0) is 15.6. The molecule has 118 valence electrons. The molecule has 1 aliphatic heterocycles. The van der Waals surface area contributed by atoms with E-state index < -0.39 is 6.10 Å². The second-order valence-electron chi connectivity index (χ2n) is 5.02. The van der Waals surface area contributed by atoms with Crippen molar-refractivity contribution in [2.24, 2.45) is 0 Å². The van der Waals surface area contributed by atoms with Gasteiger partial charge in [0.25, 0.3) is 5.89 Å². The first-order valence-electron chi connectivity index (χ1n) is 7.14. The molecule has 1 unspecified atom stereocenters. The van der Waals surface area contributed by atoms with Gasteiger partial charge in [-0.3, -0.25) is 0 Å². The van der Waals surface area contributed by atoms with Crippen LogP contribution in [0.2, 0.25) is 0 Å². The predicted octanol–water partition coefficient (Wildman–Crippen LogP) is 2.96. The van der Waals surface area contributed by atoms with Gasteiger partial charge in [-0.25, -0.2) is 4.98 Å². The predicted molar refractivity (Wildman–Crippen MR) is 83.8 cm³/mol. The summed E-state index contributed by atoms with van der Waals surface area (Å²) in [6.45, 7) is 2.91. The average molecular weight is 330 g/mol. The van der Waals surface area contributed by atoms with Crippen LogP contribution in [-0.4, -0.2) is 21.8 Å². The molecule has 0 fully saturated rings. The fourth-order valence-electron chi connectivity index (χ4n) is 2.23. The molecule has 3 heterocycles. The molecule has 1 aromatic carbocycles. The largest absolute Gasteiger partial charge is 0.485 e. The molecule has 3 aromatic rings. The molecule has 0 amide bonds. The van der Waals surface area contributed by atoms with Crippen LogP contribution in [0.1, 0.15) is 22.6 Å². The van der Waals surface area contributed by atoms with E-state index in [0.29, 0.717) is 30.8 Å². The van der Waals surface area contributed by atoms with E-state index in [1.807, 2.05) is 36.7 Å². The lowest BCUT2D eigenvalue weighted by Crippen LogP contribution is -2.21. The highest BCUT2D eigenvalue weighted by molar-refractivity contribution is 7.09. The van der Waals surface area contributed by atoms with E-state index in [0.717, 1.165) is 16.3 Å². The molecular formula is C15H14N4O3S. The third kappa shape index (κ3) is 2.85. The Hall–Kier alpha value is -2.61. The Kier molecular flexibility index (Phi) is 3.58. The fraction of sp³-hybridized carbons (Fsp3) is 0.267. The van der Waals surface area contributed by atoms with Crippen molar-refractivity contribution >= 4 is 17.4 Å². The maximum Gasteiger partial charge on any atom is 0.315 e. The first kappa shape index (κ1) is 14.0. The van der Waals surface area contributed by atoms with E-state index in [9.17, 15) is 0 Å². The van der Waals surface area contributed by atoms with E-state index >= 15 is 0 Å². The van der Waals surface area contributed by atoms with Gasteiger partial charge < -0.3 is 19.2 Å². The maximum atomic E-state index is 5.84. The summed E-state index contributed by atoms with van der Waals surface area (Å²) in [5.41, 5.74) is 2.82. The molecule has 0 saturated heterocycles. The van der Waals surface area contributed by atoms with E-state index in [1.54, 1.807) is 11.3 Å². The van der Waals surface area contributed by atoms with Gasteiger partial charge in [0.1, 0.15) is 6.61 Å². The number of thiazole rings is 1. The summed E-state index contributed by atoms with van der Waals surface area (Å²) in [7, 11) is 0. The lowest BCUT2D eigenvalue weighted by molar-refractivity contribution is 0.0717. The molecule has 2 aromatic heterocycles. The van der Waals surface area contributed by atoms with Crippen LogP contribution in [0, 0.1) is 6.92 Å². The normalized spacial score (nSPS) is 16.3. The van der Waals surface area contributed by atoms with Gasteiger partial charge in [-0.1, -0.05) is 17.2 Å². The first-order chi connectivity index (χ1) is 11.3. The molecular weight excluding hydrogens is 316 g/mol. The zero-order valence-electron chi connectivity index (χ0n) is 12.4. The summed E-state index contributed by atoms with van der Waals surface area (Å²) in [6.07, 6.45) is -0.405. The number of hydrogen-bond donors (Lipinski definition) is 1. The number of nitrogens with one attached hydrogen (secondary N) is 1. The van der Waals surface area contributed by atoms with Crippen LogP contribution in [0.15, 0.2) is 34.2 Å². The van der Waals surface area contributed by atoms with Crippen molar-refractivity contribution in [3.8, 4) is 11.5 Å². The molecule has 1 atom stereocenters. The van der Waals surface area contributed by atoms with Crippen molar-refractivity contribution in [1.82, 2.24) is 15.2 Å². The number of aromatic nitrogens is 3. The number of ether oxygens (including phenoxy) is 2. The summed E-state index contributed by atoms with van der Waals surface area (Å²) >= 11 is 1.59. The van der Waals surface area contributed by atoms with E-state index in [-0.39, 0.29) is 0 Å². The number of aryl methyl sites for hydroxylation is 1. The van der Waals surface area contributed by atoms with Crippen molar-refractivity contribution < 1.29 is 13.9 Å². The van der Waals surface area contributed by atoms with Crippen LogP contribution >= 0.6 is 11.3 Å².